The van der Waals surface area contributed by atoms with Crippen LogP contribution in [0.1, 0.15) is 31.4 Å². The summed E-state index contributed by atoms with van der Waals surface area (Å²) in [6.07, 6.45) is 8.29. The van der Waals surface area contributed by atoms with Crippen LogP contribution in [0.3, 0.4) is 0 Å². The Hall–Kier alpha value is -2.32. The number of thiocarbonyl (C=S) groups is 1. The number of aromatic nitrogens is 2. The second-order valence-electron chi connectivity index (χ2n) is 8.21. The van der Waals surface area contributed by atoms with Crippen molar-refractivity contribution in [1.29, 1.82) is 0 Å². The standard InChI is InChI=1S/C23H35N5O2S/c1-18-16-24-17-28(18)11-4-10-25-23(31)26-20-5-6-21(22(15-20)29-3)30-14-9-19-7-12-27(2)13-8-19/h5-6,15-17,19H,4,7-14H2,1-3H3,(H2,25,26,31). The van der Waals surface area contributed by atoms with E-state index in [0.29, 0.717) is 17.5 Å². The van der Waals surface area contributed by atoms with E-state index in [0.717, 1.165) is 43.3 Å². The van der Waals surface area contributed by atoms with Crippen LogP contribution < -0.4 is 20.1 Å². The zero-order valence-electron chi connectivity index (χ0n) is 18.9. The second kappa shape index (κ2) is 11.9. The van der Waals surface area contributed by atoms with Crippen LogP contribution in [-0.4, -0.2) is 60.0 Å². The van der Waals surface area contributed by atoms with Crippen LogP contribution in [-0.2, 0) is 6.54 Å². The monoisotopic (exact) mass is 445 g/mol. The van der Waals surface area contributed by atoms with Crippen molar-refractivity contribution in [3.63, 3.8) is 0 Å². The third-order valence-corrected chi connectivity index (χ3v) is 6.07. The first-order chi connectivity index (χ1) is 15.0. The molecule has 1 saturated heterocycles. The molecular weight excluding hydrogens is 410 g/mol. The second-order valence-corrected chi connectivity index (χ2v) is 8.62. The number of nitrogens with zero attached hydrogens (tertiary/aromatic N) is 3. The van der Waals surface area contributed by atoms with Crippen LogP contribution >= 0.6 is 12.2 Å². The van der Waals surface area contributed by atoms with E-state index in [1.807, 2.05) is 30.7 Å². The molecule has 1 aliphatic rings. The Morgan fingerprint density at radius 2 is 2.06 bits per heavy atom. The van der Waals surface area contributed by atoms with Crippen molar-refractivity contribution >= 4 is 23.0 Å². The molecule has 0 spiro atoms. The van der Waals surface area contributed by atoms with Crippen molar-refractivity contribution < 1.29 is 9.47 Å². The van der Waals surface area contributed by atoms with E-state index in [2.05, 4.69) is 39.1 Å². The molecule has 2 aromatic rings. The Morgan fingerprint density at radius 3 is 2.77 bits per heavy atom. The molecule has 0 amide bonds. The van der Waals surface area contributed by atoms with Crippen molar-refractivity contribution in [1.82, 2.24) is 19.8 Å². The Bertz CT molecular complexity index is 833. The molecule has 170 valence electrons. The van der Waals surface area contributed by atoms with Crippen LogP contribution in [0.15, 0.2) is 30.7 Å². The maximum absolute atomic E-state index is 6.02. The van der Waals surface area contributed by atoms with Gasteiger partial charge in [0.25, 0.3) is 0 Å². The first-order valence-electron chi connectivity index (χ1n) is 11.1. The largest absolute Gasteiger partial charge is 0.493 e. The zero-order chi connectivity index (χ0) is 22.1. The van der Waals surface area contributed by atoms with E-state index >= 15 is 0 Å². The van der Waals surface area contributed by atoms with Gasteiger partial charge in [-0.3, -0.25) is 0 Å². The van der Waals surface area contributed by atoms with E-state index in [1.165, 1.54) is 31.6 Å². The van der Waals surface area contributed by atoms with Crippen molar-refractivity contribution in [2.24, 2.45) is 5.92 Å². The molecule has 0 radical (unpaired) electrons. The van der Waals surface area contributed by atoms with Gasteiger partial charge in [-0.25, -0.2) is 4.98 Å². The molecule has 2 N–H and O–H groups in total. The SMILES string of the molecule is COc1cc(NC(=S)NCCCn2cncc2C)ccc1OCCC1CCN(C)CC1. The van der Waals surface area contributed by atoms with Gasteiger partial charge in [0.1, 0.15) is 0 Å². The zero-order valence-corrected chi connectivity index (χ0v) is 19.7. The summed E-state index contributed by atoms with van der Waals surface area (Å²) >= 11 is 5.42. The highest BCUT2D eigenvalue weighted by Gasteiger charge is 2.17. The number of aryl methyl sites for hydroxylation is 2. The van der Waals surface area contributed by atoms with Crippen LogP contribution in [0, 0.1) is 12.8 Å². The molecule has 0 bridgehead atoms. The van der Waals surface area contributed by atoms with Gasteiger partial charge in [-0.15, -0.1) is 0 Å². The van der Waals surface area contributed by atoms with E-state index in [9.17, 15) is 0 Å². The van der Waals surface area contributed by atoms with Gasteiger partial charge in [-0.05, 0) is 83.0 Å². The number of imidazole rings is 1. The number of hydrogen-bond donors (Lipinski definition) is 2. The number of likely N-dealkylation sites (tertiary alicyclic amines) is 1. The summed E-state index contributed by atoms with van der Waals surface area (Å²) in [5.74, 6) is 2.24. The fraction of sp³-hybridized carbons (Fsp3) is 0.565. The molecule has 1 aromatic heterocycles. The number of ether oxygens (including phenoxy) is 2. The molecular formula is C23H35N5O2S. The maximum Gasteiger partial charge on any atom is 0.170 e. The molecule has 1 fully saturated rings. The smallest absolute Gasteiger partial charge is 0.170 e. The minimum Gasteiger partial charge on any atom is -0.493 e. The topological polar surface area (TPSA) is 63.6 Å². The van der Waals surface area contributed by atoms with Gasteiger partial charge in [-0.2, -0.15) is 0 Å². The molecule has 7 nitrogen and oxygen atoms in total. The number of rotatable bonds is 10. The predicted octanol–water partition coefficient (Wildman–Crippen LogP) is 3.69. The van der Waals surface area contributed by atoms with Crippen molar-refractivity contribution in [2.45, 2.75) is 39.2 Å². The highest BCUT2D eigenvalue weighted by molar-refractivity contribution is 7.80. The average Bonchev–Trinajstić information content (AvgIpc) is 3.18. The van der Waals surface area contributed by atoms with E-state index < -0.39 is 0 Å². The Morgan fingerprint density at radius 1 is 1.26 bits per heavy atom. The summed E-state index contributed by atoms with van der Waals surface area (Å²) in [7, 11) is 3.86. The third-order valence-electron chi connectivity index (χ3n) is 5.83. The van der Waals surface area contributed by atoms with Gasteiger partial charge in [0.05, 0.1) is 20.0 Å². The number of piperidine rings is 1. The summed E-state index contributed by atoms with van der Waals surface area (Å²) < 4.78 is 13.7. The maximum atomic E-state index is 6.02. The highest BCUT2D eigenvalue weighted by atomic mass is 32.1. The average molecular weight is 446 g/mol. The predicted molar refractivity (Wildman–Crippen MR) is 129 cm³/mol. The molecule has 8 heteroatoms. The molecule has 0 atom stereocenters. The third kappa shape index (κ3) is 7.40. The quantitative estimate of drug-likeness (QED) is 0.427. The Labute approximate surface area is 191 Å². The Balaban J connectivity index is 1.40. The fourth-order valence-corrected chi connectivity index (χ4v) is 4.02. The van der Waals surface area contributed by atoms with Gasteiger partial charge in [0.2, 0.25) is 0 Å². The van der Waals surface area contributed by atoms with Gasteiger partial charge in [0.15, 0.2) is 16.6 Å². The van der Waals surface area contributed by atoms with Crippen LogP contribution in [0.2, 0.25) is 0 Å². The lowest BCUT2D eigenvalue weighted by Crippen LogP contribution is -2.30. The Kier molecular flexibility index (Phi) is 8.97. The van der Waals surface area contributed by atoms with Crippen LogP contribution in [0.25, 0.3) is 0 Å². The summed E-state index contributed by atoms with van der Waals surface area (Å²) in [4.78, 5) is 6.54. The van der Waals surface area contributed by atoms with Gasteiger partial charge < -0.3 is 29.6 Å². The van der Waals surface area contributed by atoms with E-state index in [-0.39, 0.29) is 0 Å². The minimum atomic E-state index is 0.598. The van der Waals surface area contributed by atoms with Crippen molar-refractivity contribution in [3.8, 4) is 11.5 Å². The lowest BCUT2D eigenvalue weighted by Gasteiger charge is -2.28. The van der Waals surface area contributed by atoms with Crippen molar-refractivity contribution in [2.75, 3.05) is 45.7 Å². The van der Waals surface area contributed by atoms with Crippen LogP contribution in [0.5, 0.6) is 11.5 Å². The molecule has 1 aliphatic heterocycles. The highest BCUT2D eigenvalue weighted by Crippen LogP contribution is 2.31. The first-order valence-corrected chi connectivity index (χ1v) is 11.5. The number of benzene rings is 1. The number of nitrogens with one attached hydrogen (secondary N) is 2. The van der Waals surface area contributed by atoms with Crippen molar-refractivity contribution in [3.05, 3.63) is 36.4 Å². The number of hydrogen-bond acceptors (Lipinski definition) is 5. The minimum absolute atomic E-state index is 0.598. The molecule has 0 unspecified atom stereocenters. The van der Waals surface area contributed by atoms with Gasteiger partial charge >= 0.3 is 0 Å². The molecule has 2 heterocycles. The van der Waals surface area contributed by atoms with Crippen LogP contribution in [0.4, 0.5) is 5.69 Å². The summed E-state index contributed by atoms with van der Waals surface area (Å²) in [6, 6.07) is 5.84. The lowest BCUT2D eigenvalue weighted by atomic mass is 9.94. The van der Waals surface area contributed by atoms with Gasteiger partial charge in [0, 0.05) is 36.7 Å². The fourth-order valence-electron chi connectivity index (χ4n) is 3.80. The van der Waals surface area contributed by atoms with E-state index in [4.69, 9.17) is 21.7 Å². The lowest BCUT2D eigenvalue weighted by molar-refractivity contribution is 0.185. The number of methoxy groups -OCH3 is 1. The number of anilines is 1. The normalized spacial score (nSPS) is 14.9. The molecule has 1 aromatic carbocycles. The molecule has 0 saturated carbocycles. The summed E-state index contributed by atoms with van der Waals surface area (Å²) in [5.41, 5.74) is 2.05. The summed E-state index contributed by atoms with van der Waals surface area (Å²) in [6.45, 7) is 6.85. The summed E-state index contributed by atoms with van der Waals surface area (Å²) in [5, 5.41) is 7.07. The molecule has 31 heavy (non-hydrogen) atoms. The van der Waals surface area contributed by atoms with E-state index in [1.54, 1.807) is 7.11 Å². The molecule has 3 rings (SSSR count). The molecule has 0 aliphatic carbocycles. The first kappa shape index (κ1) is 23.3. The van der Waals surface area contributed by atoms with Gasteiger partial charge in [-0.1, -0.05) is 0 Å².